The molecule has 1 aliphatic rings. The summed E-state index contributed by atoms with van der Waals surface area (Å²) in [7, 11) is 2.11. The molecule has 0 radical (unpaired) electrons. The zero-order valence-electron chi connectivity index (χ0n) is 11.8. The van der Waals surface area contributed by atoms with E-state index in [-0.39, 0.29) is 10.6 Å². The number of nitro groups is 1. The Labute approximate surface area is 114 Å². The minimum atomic E-state index is -0.279. The second kappa shape index (κ2) is 5.57. The standard InChI is InChI=1S/C14H21N3O2/c1-4-15(3)12-7-8-16(10-12)13-6-5-11(2)9-14(13)17(18)19/h5-6,9,12H,4,7-8,10H2,1-3H3. The summed E-state index contributed by atoms with van der Waals surface area (Å²) >= 11 is 0. The van der Waals surface area contributed by atoms with Gasteiger partial charge in [0, 0.05) is 25.2 Å². The van der Waals surface area contributed by atoms with Crippen LogP contribution in [0.15, 0.2) is 18.2 Å². The van der Waals surface area contributed by atoms with Gasteiger partial charge < -0.3 is 9.80 Å². The molecule has 0 bridgehead atoms. The summed E-state index contributed by atoms with van der Waals surface area (Å²) in [6, 6.07) is 5.97. The van der Waals surface area contributed by atoms with Crippen LogP contribution < -0.4 is 4.90 Å². The third kappa shape index (κ3) is 2.87. The number of anilines is 1. The van der Waals surface area contributed by atoms with Crippen LogP contribution in [0.2, 0.25) is 0 Å². The van der Waals surface area contributed by atoms with Crippen molar-refractivity contribution in [3.63, 3.8) is 0 Å². The Bertz CT molecular complexity index is 476. The minimum Gasteiger partial charge on any atom is -0.364 e. The minimum absolute atomic E-state index is 0.222. The van der Waals surface area contributed by atoms with Crippen molar-refractivity contribution in [2.24, 2.45) is 0 Å². The lowest BCUT2D eigenvalue weighted by Crippen LogP contribution is -2.34. The molecule has 1 unspecified atom stereocenters. The monoisotopic (exact) mass is 263 g/mol. The highest BCUT2D eigenvalue weighted by molar-refractivity contribution is 5.64. The lowest BCUT2D eigenvalue weighted by atomic mass is 10.2. The van der Waals surface area contributed by atoms with Crippen molar-refractivity contribution in [3.8, 4) is 0 Å². The molecule has 2 rings (SSSR count). The van der Waals surface area contributed by atoms with Crippen LogP contribution in [0.1, 0.15) is 18.9 Å². The summed E-state index contributed by atoms with van der Waals surface area (Å²) < 4.78 is 0. The van der Waals surface area contributed by atoms with Crippen molar-refractivity contribution in [2.75, 3.05) is 31.6 Å². The molecule has 5 nitrogen and oxygen atoms in total. The zero-order valence-corrected chi connectivity index (χ0v) is 11.8. The van der Waals surface area contributed by atoms with Crippen LogP contribution >= 0.6 is 0 Å². The Balaban J connectivity index is 2.22. The maximum absolute atomic E-state index is 11.2. The fourth-order valence-corrected chi connectivity index (χ4v) is 2.63. The van der Waals surface area contributed by atoms with Gasteiger partial charge in [0.05, 0.1) is 4.92 Å². The van der Waals surface area contributed by atoms with Gasteiger partial charge in [0.1, 0.15) is 5.69 Å². The molecule has 0 amide bonds. The maximum Gasteiger partial charge on any atom is 0.292 e. The lowest BCUT2D eigenvalue weighted by Gasteiger charge is -2.23. The maximum atomic E-state index is 11.2. The van der Waals surface area contributed by atoms with E-state index < -0.39 is 0 Å². The van der Waals surface area contributed by atoms with Crippen LogP contribution in [0.5, 0.6) is 0 Å². The Morgan fingerprint density at radius 2 is 2.26 bits per heavy atom. The summed E-state index contributed by atoms with van der Waals surface area (Å²) in [4.78, 5) is 15.3. The van der Waals surface area contributed by atoms with Crippen LogP contribution in [-0.4, -0.2) is 42.5 Å². The van der Waals surface area contributed by atoms with Crippen molar-refractivity contribution >= 4 is 11.4 Å². The van der Waals surface area contributed by atoms with Gasteiger partial charge in [-0.1, -0.05) is 13.0 Å². The highest BCUT2D eigenvalue weighted by atomic mass is 16.6. The third-order valence-corrected chi connectivity index (χ3v) is 3.95. The predicted octanol–water partition coefficient (Wildman–Crippen LogP) is 2.43. The third-order valence-electron chi connectivity index (χ3n) is 3.95. The van der Waals surface area contributed by atoms with E-state index in [1.54, 1.807) is 6.07 Å². The quantitative estimate of drug-likeness (QED) is 0.618. The van der Waals surface area contributed by atoms with Gasteiger partial charge in [-0.25, -0.2) is 0 Å². The molecule has 104 valence electrons. The van der Waals surface area contributed by atoms with Gasteiger partial charge >= 0.3 is 0 Å². The molecule has 1 saturated heterocycles. The van der Waals surface area contributed by atoms with Gasteiger partial charge in [-0.15, -0.1) is 0 Å². The van der Waals surface area contributed by atoms with Crippen LogP contribution in [0, 0.1) is 17.0 Å². The first-order chi connectivity index (χ1) is 9.02. The van der Waals surface area contributed by atoms with Crippen LogP contribution in [0.25, 0.3) is 0 Å². The fourth-order valence-electron chi connectivity index (χ4n) is 2.63. The molecule has 0 saturated carbocycles. The first-order valence-electron chi connectivity index (χ1n) is 6.73. The SMILES string of the molecule is CCN(C)C1CCN(c2ccc(C)cc2[N+](=O)[O-])C1. The molecule has 0 aromatic heterocycles. The van der Waals surface area contributed by atoms with E-state index in [2.05, 4.69) is 23.8 Å². The highest BCUT2D eigenvalue weighted by Gasteiger charge is 2.29. The number of rotatable bonds is 4. The van der Waals surface area contributed by atoms with E-state index >= 15 is 0 Å². The summed E-state index contributed by atoms with van der Waals surface area (Å²) in [5.41, 5.74) is 1.90. The average molecular weight is 263 g/mol. The first kappa shape index (κ1) is 13.8. The zero-order chi connectivity index (χ0) is 14.0. The number of likely N-dealkylation sites (N-methyl/N-ethyl adjacent to an activating group) is 1. The van der Waals surface area contributed by atoms with Crippen molar-refractivity contribution in [3.05, 3.63) is 33.9 Å². The summed E-state index contributed by atoms with van der Waals surface area (Å²) in [5, 5.41) is 11.2. The van der Waals surface area contributed by atoms with E-state index in [0.717, 1.165) is 37.3 Å². The topological polar surface area (TPSA) is 49.6 Å². The number of nitro benzene ring substituents is 1. The summed E-state index contributed by atoms with van der Waals surface area (Å²) in [5.74, 6) is 0. The van der Waals surface area contributed by atoms with Crippen molar-refractivity contribution < 1.29 is 4.92 Å². The number of hydrogen-bond donors (Lipinski definition) is 0. The molecule has 19 heavy (non-hydrogen) atoms. The van der Waals surface area contributed by atoms with E-state index in [4.69, 9.17) is 0 Å². The molecular weight excluding hydrogens is 242 g/mol. The Hall–Kier alpha value is -1.62. The molecule has 1 aromatic carbocycles. The normalized spacial score (nSPS) is 19.2. The second-order valence-electron chi connectivity index (χ2n) is 5.21. The van der Waals surface area contributed by atoms with Crippen molar-refractivity contribution in [1.82, 2.24) is 4.90 Å². The number of aryl methyl sites for hydroxylation is 1. The Morgan fingerprint density at radius 3 is 2.89 bits per heavy atom. The molecule has 1 fully saturated rings. The van der Waals surface area contributed by atoms with Gasteiger partial charge in [0.2, 0.25) is 0 Å². The molecule has 1 aromatic rings. The fraction of sp³-hybridized carbons (Fsp3) is 0.571. The van der Waals surface area contributed by atoms with Crippen molar-refractivity contribution in [2.45, 2.75) is 26.3 Å². The van der Waals surface area contributed by atoms with Gasteiger partial charge in [0.25, 0.3) is 5.69 Å². The van der Waals surface area contributed by atoms with Gasteiger partial charge in [-0.05, 0) is 38.6 Å². The Morgan fingerprint density at radius 1 is 1.53 bits per heavy atom. The molecule has 5 heteroatoms. The van der Waals surface area contributed by atoms with Gasteiger partial charge in [-0.3, -0.25) is 10.1 Å². The predicted molar refractivity (Wildman–Crippen MR) is 76.8 cm³/mol. The molecule has 0 N–H and O–H groups in total. The molecule has 1 heterocycles. The lowest BCUT2D eigenvalue weighted by molar-refractivity contribution is -0.384. The molecule has 0 aliphatic carbocycles. The van der Waals surface area contributed by atoms with E-state index in [1.807, 2.05) is 19.1 Å². The first-order valence-corrected chi connectivity index (χ1v) is 6.73. The van der Waals surface area contributed by atoms with E-state index in [1.165, 1.54) is 0 Å². The van der Waals surface area contributed by atoms with Gasteiger partial charge in [0.15, 0.2) is 0 Å². The number of hydrogen-bond acceptors (Lipinski definition) is 4. The second-order valence-corrected chi connectivity index (χ2v) is 5.21. The van der Waals surface area contributed by atoms with Crippen LogP contribution in [0.3, 0.4) is 0 Å². The van der Waals surface area contributed by atoms with E-state index in [9.17, 15) is 10.1 Å². The van der Waals surface area contributed by atoms with Gasteiger partial charge in [-0.2, -0.15) is 0 Å². The molecule has 0 spiro atoms. The molecule has 1 aliphatic heterocycles. The highest BCUT2D eigenvalue weighted by Crippen LogP contribution is 2.32. The average Bonchev–Trinajstić information content (AvgIpc) is 2.87. The van der Waals surface area contributed by atoms with Crippen molar-refractivity contribution in [1.29, 1.82) is 0 Å². The Kier molecular flexibility index (Phi) is 4.04. The summed E-state index contributed by atoms with van der Waals surface area (Å²) in [6.07, 6.45) is 1.06. The summed E-state index contributed by atoms with van der Waals surface area (Å²) in [6.45, 7) is 6.78. The molecule has 1 atom stereocenters. The van der Waals surface area contributed by atoms with Crippen LogP contribution in [-0.2, 0) is 0 Å². The molecular formula is C14H21N3O2. The largest absolute Gasteiger partial charge is 0.364 e. The number of nitrogens with zero attached hydrogens (tertiary/aromatic N) is 3. The smallest absolute Gasteiger partial charge is 0.292 e. The van der Waals surface area contributed by atoms with Crippen LogP contribution in [0.4, 0.5) is 11.4 Å². The number of benzene rings is 1. The van der Waals surface area contributed by atoms with E-state index in [0.29, 0.717) is 6.04 Å².